The minimum atomic E-state index is -0.531. The fraction of sp³-hybridized carbons (Fsp3) is 0.444. The Hall–Kier alpha value is -0.270. The number of hydrogen-bond acceptors (Lipinski definition) is 1. The number of nitrogens with zero attached hydrogens (tertiary/aromatic N) is 1. The van der Waals surface area contributed by atoms with Gasteiger partial charge in [0.1, 0.15) is 4.33 Å². The normalized spacial score (nSPS) is 25.4. The molecule has 2 rings (SSSR count). The molecule has 1 saturated carbocycles. The molecular formula is C9H9Cl2N. The Morgan fingerprint density at radius 3 is 2.58 bits per heavy atom. The van der Waals surface area contributed by atoms with Crippen molar-refractivity contribution >= 4 is 23.2 Å². The van der Waals surface area contributed by atoms with E-state index in [4.69, 9.17) is 23.2 Å². The molecule has 0 radical (unpaired) electrons. The maximum atomic E-state index is 5.92. The molecule has 1 aliphatic rings. The minimum Gasteiger partial charge on any atom is -0.261 e. The highest BCUT2D eigenvalue weighted by Crippen LogP contribution is 2.59. The zero-order chi connectivity index (χ0) is 8.77. The van der Waals surface area contributed by atoms with Crippen molar-refractivity contribution in [2.45, 2.75) is 23.6 Å². The summed E-state index contributed by atoms with van der Waals surface area (Å²) in [5.74, 6) is 0.286. The van der Waals surface area contributed by atoms with Gasteiger partial charge in [-0.15, -0.1) is 23.2 Å². The summed E-state index contributed by atoms with van der Waals surface area (Å²) in [6.45, 7) is 1.96. The molecule has 1 unspecified atom stereocenters. The number of hydrogen-bond donors (Lipinski definition) is 0. The average Bonchev–Trinajstić information content (AvgIpc) is 2.61. The molecule has 3 heteroatoms. The van der Waals surface area contributed by atoms with Crippen LogP contribution in [0.15, 0.2) is 18.3 Å². The Labute approximate surface area is 81.7 Å². The van der Waals surface area contributed by atoms with E-state index in [9.17, 15) is 0 Å². The Kier molecular flexibility index (Phi) is 1.81. The lowest BCUT2D eigenvalue weighted by Gasteiger charge is -1.99. The Bertz CT molecular complexity index is 292. The van der Waals surface area contributed by atoms with Crippen LogP contribution in [0.3, 0.4) is 0 Å². The molecule has 0 N–H and O–H groups in total. The summed E-state index contributed by atoms with van der Waals surface area (Å²) in [5, 5.41) is 0. The zero-order valence-electron chi connectivity index (χ0n) is 6.72. The third-order valence-electron chi connectivity index (χ3n) is 2.16. The van der Waals surface area contributed by atoms with E-state index in [1.807, 2.05) is 25.3 Å². The van der Waals surface area contributed by atoms with Crippen molar-refractivity contribution in [2.75, 3.05) is 0 Å². The lowest BCUT2D eigenvalue weighted by atomic mass is 10.2. The summed E-state index contributed by atoms with van der Waals surface area (Å²) >= 11 is 11.8. The Balaban J connectivity index is 2.21. The van der Waals surface area contributed by atoms with Crippen molar-refractivity contribution in [1.29, 1.82) is 0 Å². The second kappa shape index (κ2) is 2.61. The number of aromatic nitrogens is 1. The molecule has 1 heterocycles. The van der Waals surface area contributed by atoms with Crippen molar-refractivity contribution in [2.24, 2.45) is 0 Å². The van der Waals surface area contributed by atoms with Gasteiger partial charge in [0, 0.05) is 17.8 Å². The van der Waals surface area contributed by atoms with Gasteiger partial charge in [-0.1, -0.05) is 6.07 Å². The van der Waals surface area contributed by atoms with Crippen LogP contribution in [-0.2, 0) is 0 Å². The van der Waals surface area contributed by atoms with Gasteiger partial charge in [-0.25, -0.2) is 0 Å². The van der Waals surface area contributed by atoms with E-state index in [1.165, 1.54) is 0 Å². The van der Waals surface area contributed by atoms with E-state index >= 15 is 0 Å². The van der Waals surface area contributed by atoms with Gasteiger partial charge in [0.2, 0.25) is 0 Å². The topological polar surface area (TPSA) is 12.9 Å². The van der Waals surface area contributed by atoms with Crippen LogP contribution in [0, 0.1) is 6.92 Å². The van der Waals surface area contributed by atoms with Gasteiger partial charge >= 0.3 is 0 Å². The molecule has 12 heavy (non-hydrogen) atoms. The smallest absolute Gasteiger partial charge is 0.126 e. The predicted octanol–water partition coefficient (Wildman–Crippen LogP) is 3.05. The van der Waals surface area contributed by atoms with E-state index in [2.05, 4.69) is 4.98 Å². The van der Waals surface area contributed by atoms with Crippen molar-refractivity contribution in [3.63, 3.8) is 0 Å². The van der Waals surface area contributed by atoms with E-state index in [0.29, 0.717) is 0 Å². The van der Waals surface area contributed by atoms with Gasteiger partial charge in [-0.2, -0.15) is 0 Å². The van der Waals surface area contributed by atoms with Gasteiger partial charge in [0.15, 0.2) is 0 Å². The first-order chi connectivity index (χ1) is 5.59. The fourth-order valence-corrected chi connectivity index (χ4v) is 1.82. The molecule has 1 fully saturated rings. The van der Waals surface area contributed by atoms with Crippen LogP contribution in [0.4, 0.5) is 0 Å². The molecule has 64 valence electrons. The molecule has 1 aromatic heterocycles. The number of pyridine rings is 1. The number of rotatable bonds is 1. The predicted molar refractivity (Wildman–Crippen MR) is 50.8 cm³/mol. The van der Waals surface area contributed by atoms with Gasteiger partial charge in [-0.3, -0.25) is 4.98 Å². The largest absolute Gasteiger partial charge is 0.261 e. The summed E-state index contributed by atoms with van der Waals surface area (Å²) in [5.41, 5.74) is 2.17. The van der Waals surface area contributed by atoms with Crippen LogP contribution in [0.2, 0.25) is 0 Å². The van der Waals surface area contributed by atoms with Crippen LogP contribution < -0.4 is 0 Å². The lowest BCUT2D eigenvalue weighted by Crippen LogP contribution is -1.91. The first kappa shape index (κ1) is 8.33. The van der Waals surface area contributed by atoms with Crippen LogP contribution in [0.5, 0.6) is 0 Å². The van der Waals surface area contributed by atoms with Crippen LogP contribution in [0.1, 0.15) is 23.6 Å². The van der Waals surface area contributed by atoms with E-state index in [0.717, 1.165) is 17.7 Å². The molecule has 0 bridgehead atoms. The molecule has 1 atom stereocenters. The second-order valence-electron chi connectivity index (χ2n) is 3.25. The standard InChI is InChI=1S/C9H9Cl2N/c1-6-2-3-7(5-12-6)8-4-9(8,10)11/h2-3,5,8H,4H2,1H3. The fourth-order valence-electron chi connectivity index (χ4n) is 1.26. The third kappa shape index (κ3) is 1.44. The first-order valence-electron chi connectivity index (χ1n) is 3.90. The van der Waals surface area contributed by atoms with E-state index in [-0.39, 0.29) is 5.92 Å². The van der Waals surface area contributed by atoms with Crippen LogP contribution in [0.25, 0.3) is 0 Å². The summed E-state index contributed by atoms with van der Waals surface area (Å²) in [7, 11) is 0. The highest BCUT2D eigenvalue weighted by molar-refractivity contribution is 6.51. The van der Waals surface area contributed by atoms with Gasteiger partial charge in [0.05, 0.1) is 0 Å². The van der Waals surface area contributed by atoms with Crippen molar-refractivity contribution in [1.82, 2.24) is 4.98 Å². The molecule has 1 aliphatic carbocycles. The molecule has 0 spiro atoms. The van der Waals surface area contributed by atoms with Crippen molar-refractivity contribution in [3.8, 4) is 0 Å². The van der Waals surface area contributed by atoms with Gasteiger partial charge in [-0.05, 0) is 25.0 Å². The van der Waals surface area contributed by atoms with Crippen molar-refractivity contribution in [3.05, 3.63) is 29.6 Å². The summed E-state index contributed by atoms with van der Waals surface area (Å²) in [6, 6.07) is 4.02. The number of aryl methyl sites for hydroxylation is 1. The summed E-state index contributed by atoms with van der Waals surface area (Å²) < 4.78 is -0.531. The molecule has 0 aromatic carbocycles. The first-order valence-corrected chi connectivity index (χ1v) is 4.65. The summed E-state index contributed by atoms with van der Waals surface area (Å²) in [6.07, 6.45) is 2.70. The average molecular weight is 202 g/mol. The zero-order valence-corrected chi connectivity index (χ0v) is 8.23. The van der Waals surface area contributed by atoms with Crippen LogP contribution >= 0.6 is 23.2 Å². The highest BCUT2D eigenvalue weighted by atomic mass is 35.5. The molecule has 1 nitrogen and oxygen atoms in total. The highest BCUT2D eigenvalue weighted by Gasteiger charge is 2.52. The maximum Gasteiger partial charge on any atom is 0.126 e. The Morgan fingerprint density at radius 2 is 2.17 bits per heavy atom. The quantitative estimate of drug-likeness (QED) is 0.637. The van der Waals surface area contributed by atoms with Gasteiger partial charge < -0.3 is 0 Å². The SMILES string of the molecule is Cc1ccc(C2CC2(Cl)Cl)cn1. The minimum absolute atomic E-state index is 0.286. The van der Waals surface area contributed by atoms with Crippen LogP contribution in [-0.4, -0.2) is 9.32 Å². The molecule has 0 saturated heterocycles. The summed E-state index contributed by atoms with van der Waals surface area (Å²) in [4.78, 5) is 4.19. The second-order valence-corrected chi connectivity index (χ2v) is 4.79. The number of halogens is 2. The Morgan fingerprint density at radius 1 is 1.50 bits per heavy atom. The molecule has 1 aromatic rings. The third-order valence-corrected chi connectivity index (χ3v) is 3.00. The number of alkyl halides is 2. The maximum absolute atomic E-state index is 5.92. The van der Waals surface area contributed by atoms with E-state index < -0.39 is 4.33 Å². The molecular weight excluding hydrogens is 193 g/mol. The van der Waals surface area contributed by atoms with Gasteiger partial charge in [0.25, 0.3) is 0 Å². The lowest BCUT2D eigenvalue weighted by molar-refractivity contribution is 1.05. The molecule has 0 aliphatic heterocycles. The monoisotopic (exact) mass is 201 g/mol. The van der Waals surface area contributed by atoms with E-state index in [1.54, 1.807) is 0 Å². The molecule has 0 amide bonds. The van der Waals surface area contributed by atoms with Crippen molar-refractivity contribution < 1.29 is 0 Å².